The Kier molecular flexibility index (Phi) is 5.47. The summed E-state index contributed by atoms with van der Waals surface area (Å²) in [7, 11) is 0. The number of aryl methyl sites for hydroxylation is 1. The van der Waals surface area contributed by atoms with Crippen LogP contribution in [0.1, 0.15) is 24.1 Å². The molecule has 0 amide bonds. The van der Waals surface area contributed by atoms with Crippen LogP contribution >= 0.6 is 23.1 Å². The number of nitrogens with zero attached hydrogens (tertiary/aromatic N) is 5. The molecule has 1 saturated heterocycles. The molecule has 1 atom stereocenters. The molecule has 1 fully saturated rings. The summed E-state index contributed by atoms with van der Waals surface area (Å²) in [6, 6.07) is 8.29. The average Bonchev–Trinajstić information content (AvgIpc) is 3.39. The maximum atomic E-state index is 5.67. The van der Waals surface area contributed by atoms with E-state index in [1.54, 1.807) is 23.1 Å². The summed E-state index contributed by atoms with van der Waals surface area (Å²) in [4.78, 5) is 4.64. The molecule has 136 valence electrons. The molecule has 0 spiro atoms. The van der Waals surface area contributed by atoms with Crippen molar-refractivity contribution in [2.75, 3.05) is 11.9 Å². The minimum Gasteiger partial charge on any atom is -0.376 e. The molecule has 2 aromatic heterocycles. The summed E-state index contributed by atoms with van der Waals surface area (Å²) in [5.41, 5.74) is 3.30. The second kappa shape index (κ2) is 8.15. The molecule has 1 aliphatic rings. The van der Waals surface area contributed by atoms with Gasteiger partial charge in [0.1, 0.15) is 0 Å². The second-order valence-electron chi connectivity index (χ2n) is 6.20. The highest BCUT2D eigenvalue weighted by Gasteiger charge is 2.19. The first kappa shape index (κ1) is 17.4. The van der Waals surface area contributed by atoms with Gasteiger partial charge in [0.2, 0.25) is 5.16 Å². The molecule has 0 aliphatic carbocycles. The van der Waals surface area contributed by atoms with E-state index in [-0.39, 0.29) is 6.10 Å². The van der Waals surface area contributed by atoms with Gasteiger partial charge in [-0.3, -0.25) is 0 Å². The fourth-order valence-corrected chi connectivity index (χ4v) is 4.34. The molecule has 1 aliphatic heterocycles. The van der Waals surface area contributed by atoms with Crippen molar-refractivity contribution in [3.8, 4) is 0 Å². The van der Waals surface area contributed by atoms with E-state index in [0.717, 1.165) is 46.9 Å². The fourth-order valence-electron chi connectivity index (χ4n) is 2.73. The Bertz CT molecular complexity index is 841. The molecule has 3 aromatic rings. The van der Waals surface area contributed by atoms with Gasteiger partial charge in [0.25, 0.3) is 0 Å². The van der Waals surface area contributed by atoms with E-state index in [1.165, 1.54) is 5.56 Å². The van der Waals surface area contributed by atoms with Crippen LogP contribution in [0, 0.1) is 6.92 Å². The maximum absolute atomic E-state index is 5.67. The van der Waals surface area contributed by atoms with Crippen LogP contribution in [0.4, 0.5) is 10.8 Å². The lowest BCUT2D eigenvalue weighted by Gasteiger charge is -2.09. The normalized spacial score (nSPS) is 16.9. The summed E-state index contributed by atoms with van der Waals surface area (Å²) < 4.78 is 7.50. The van der Waals surface area contributed by atoms with E-state index in [1.807, 2.05) is 4.68 Å². The van der Waals surface area contributed by atoms with Gasteiger partial charge in [0, 0.05) is 23.4 Å². The summed E-state index contributed by atoms with van der Waals surface area (Å²) in [6.07, 6.45) is 2.41. The Morgan fingerprint density at radius 3 is 3.04 bits per heavy atom. The van der Waals surface area contributed by atoms with Crippen LogP contribution in [0.5, 0.6) is 0 Å². The van der Waals surface area contributed by atoms with Crippen molar-refractivity contribution in [1.29, 1.82) is 0 Å². The lowest BCUT2D eigenvalue weighted by atomic mass is 10.2. The third-order valence-corrected chi connectivity index (χ3v) is 5.90. The number of benzene rings is 1. The lowest BCUT2D eigenvalue weighted by molar-refractivity contribution is 0.0912. The zero-order valence-electron chi connectivity index (χ0n) is 14.5. The number of thiazole rings is 1. The van der Waals surface area contributed by atoms with Crippen molar-refractivity contribution < 1.29 is 4.74 Å². The Labute approximate surface area is 160 Å². The highest BCUT2D eigenvalue weighted by Crippen LogP contribution is 2.26. The monoisotopic (exact) mass is 388 g/mol. The third kappa shape index (κ3) is 4.40. The minimum atomic E-state index is 0.224. The number of rotatable bonds is 7. The zero-order chi connectivity index (χ0) is 17.8. The zero-order valence-corrected chi connectivity index (χ0v) is 16.1. The van der Waals surface area contributed by atoms with Gasteiger partial charge in [0.15, 0.2) is 5.13 Å². The van der Waals surface area contributed by atoms with Crippen molar-refractivity contribution >= 4 is 33.9 Å². The Morgan fingerprint density at radius 2 is 2.23 bits per heavy atom. The Hall–Kier alpha value is -1.97. The molecule has 0 saturated carbocycles. The van der Waals surface area contributed by atoms with E-state index >= 15 is 0 Å². The van der Waals surface area contributed by atoms with Crippen molar-refractivity contribution in [2.45, 2.75) is 43.3 Å². The van der Waals surface area contributed by atoms with E-state index in [0.29, 0.717) is 6.54 Å². The molecule has 7 nitrogen and oxygen atoms in total. The first-order chi connectivity index (χ1) is 12.8. The van der Waals surface area contributed by atoms with Gasteiger partial charge >= 0.3 is 0 Å². The van der Waals surface area contributed by atoms with Crippen molar-refractivity contribution in [1.82, 2.24) is 25.2 Å². The minimum absolute atomic E-state index is 0.224. The van der Waals surface area contributed by atoms with Crippen molar-refractivity contribution in [2.24, 2.45) is 0 Å². The molecule has 0 bridgehead atoms. The number of ether oxygens (including phenoxy) is 1. The van der Waals surface area contributed by atoms with E-state index < -0.39 is 0 Å². The largest absolute Gasteiger partial charge is 0.376 e. The van der Waals surface area contributed by atoms with E-state index in [4.69, 9.17) is 4.74 Å². The lowest BCUT2D eigenvalue weighted by Crippen LogP contribution is -2.16. The van der Waals surface area contributed by atoms with Crippen LogP contribution in [-0.4, -0.2) is 37.9 Å². The summed E-state index contributed by atoms with van der Waals surface area (Å²) in [5, 5.41) is 19.1. The molecule has 26 heavy (non-hydrogen) atoms. The van der Waals surface area contributed by atoms with Crippen molar-refractivity contribution in [3.63, 3.8) is 0 Å². The second-order valence-corrected chi connectivity index (χ2v) is 8.00. The summed E-state index contributed by atoms with van der Waals surface area (Å²) in [6.45, 7) is 3.63. The quantitative estimate of drug-likeness (QED) is 0.619. The predicted octanol–water partition coefficient (Wildman–Crippen LogP) is 3.65. The third-order valence-electron chi connectivity index (χ3n) is 4.10. The van der Waals surface area contributed by atoms with Crippen LogP contribution in [0.3, 0.4) is 0 Å². The molecule has 0 radical (unpaired) electrons. The smallest absolute Gasteiger partial charge is 0.209 e. The molecule has 1 N–H and O–H groups in total. The highest BCUT2D eigenvalue weighted by molar-refractivity contribution is 7.98. The molecule has 3 heterocycles. The maximum Gasteiger partial charge on any atom is 0.209 e. The van der Waals surface area contributed by atoms with Gasteiger partial charge in [-0.1, -0.05) is 29.5 Å². The number of anilines is 2. The van der Waals surface area contributed by atoms with Gasteiger partial charge < -0.3 is 10.1 Å². The molecule has 1 unspecified atom stereocenters. The summed E-state index contributed by atoms with van der Waals surface area (Å²) >= 11 is 3.20. The van der Waals surface area contributed by atoms with Gasteiger partial charge in [0.05, 0.1) is 18.3 Å². The molecule has 4 rings (SSSR count). The molecular weight excluding hydrogens is 368 g/mol. The van der Waals surface area contributed by atoms with E-state index in [9.17, 15) is 0 Å². The predicted molar refractivity (Wildman–Crippen MR) is 103 cm³/mol. The van der Waals surface area contributed by atoms with Crippen LogP contribution < -0.4 is 5.32 Å². The Morgan fingerprint density at radius 1 is 1.35 bits per heavy atom. The fraction of sp³-hybridized carbons (Fsp3) is 0.412. The first-order valence-corrected chi connectivity index (χ1v) is 10.4. The number of nitrogens with one attached hydrogen (secondary N) is 1. The number of hydrogen-bond acceptors (Lipinski definition) is 8. The van der Waals surface area contributed by atoms with Crippen LogP contribution in [0.15, 0.2) is 34.8 Å². The molecular formula is C17H20N6OS2. The summed E-state index contributed by atoms with van der Waals surface area (Å²) in [5.74, 6) is 0.734. The number of tetrazole rings is 1. The van der Waals surface area contributed by atoms with Gasteiger partial charge in [-0.25, -0.2) is 9.67 Å². The van der Waals surface area contributed by atoms with Crippen LogP contribution in [0.25, 0.3) is 0 Å². The van der Waals surface area contributed by atoms with E-state index in [2.05, 4.69) is 62.4 Å². The standard InChI is InChI=1S/C17H20N6OS2/c1-12-4-6-13(7-5-12)18-16-19-14(10-25-16)11-26-17-20-21-22-23(17)9-15-3-2-8-24-15/h4-7,10,15H,2-3,8-9,11H2,1H3,(H,18,19). The van der Waals surface area contributed by atoms with Crippen LogP contribution in [-0.2, 0) is 17.0 Å². The molecule has 1 aromatic carbocycles. The van der Waals surface area contributed by atoms with Gasteiger partial charge in [-0.15, -0.1) is 16.4 Å². The SMILES string of the molecule is Cc1ccc(Nc2nc(CSc3nnnn3CC3CCCO3)cs2)cc1. The van der Waals surface area contributed by atoms with Gasteiger partial charge in [-0.2, -0.15) is 0 Å². The topological polar surface area (TPSA) is 77.8 Å². The van der Waals surface area contributed by atoms with Gasteiger partial charge in [-0.05, 0) is 42.3 Å². The number of hydrogen-bond donors (Lipinski definition) is 1. The average molecular weight is 389 g/mol. The Balaban J connectivity index is 1.33. The van der Waals surface area contributed by atoms with Crippen LogP contribution in [0.2, 0.25) is 0 Å². The first-order valence-electron chi connectivity index (χ1n) is 8.55. The number of thioether (sulfide) groups is 1. The highest BCUT2D eigenvalue weighted by atomic mass is 32.2. The molecule has 9 heteroatoms. The number of aromatic nitrogens is 5. The van der Waals surface area contributed by atoms with Crippen molar-refractivity contribution in [3.05, 3.63) is 40.9 Å².